The van der Waals surface area contributed by atoms with Crippen LogP contribution in [0.4, 0.5) is 0 Å². The molecular formula is C22H26N4O3. The minimum Gasteiger partial charge on any atom is -0.460 e. The van der Waals surface area contributed by atoms with Gasteiger partial charge in [-0.05, 0) is 37.9 Å². The number of piperidine rings is 3. The van der Waals surface area contributed by atoms with Crippen molar-refractivity contribution in [2.24, 2.45) is 5.92 Å². The maximum Gasteiger partial charge on any atom is 0.274 e. The minimum atomic E-state index is -0.156. The van der Waals surface area contributed by atoms with Crippen molar-refractivity contribution in [1.82, 2.24) is 20.1 Å². The average Bonchev–Trinajstić information content (AvgIpc) is 3.18. The number of aromatic nitrogens is 1. The van der Waals surface area contributed by atoms with Crippen LogP contribution in [0, 0.1) is 17.8 Å². The molecule has 1 atom stereocenters. The molecule has 1 N–H and O–H groups in total. The summed E-state index contributed by atoms with van der Waals surface area (Å²) >= 11 is 0. The zero-order valence-electron chi connectivity index (χ0n) is 16.5. The van der Waals surface area contributed by atoms with Crippen molar-refractivity contribution in [3.63, 3.8) is 0 Å². The van der Waals surface area contributed by atoms with E-state index in [2.05, 4.69) is 31.9 Å². The molecule has 0 aromatic carbocycles. The first-order valence-corrected chi connectivity index (χ1v) is 10.5. The highest BCUT2D eigenvalue weighted by molar-refractivity contribution is 6.04. The van der Waals surface area contributed by atoms with Crippen LogP contribution in [0.5, 0.6) is 0 Å². The van der Waals surface area contributed by atoms with E-state index in [0.717, 1.165) is 69.7 Å². The summed E-state index contributed by atoms with van der Waals surface area (Å²) in [6.07, 6.45) is 5.61. The monoisotopic (exact) mass is 394 g/mol. The van der Waals surface area contributed by atoms with Crippen LogP contribution in [-0.4, -0.2) is 79.2 Å². The molecule has 0 saturated carbocycles. The summed E-state index contributed by atoms with van der Waals surface area (Å²) in [5, 5.41) is 4.04. The Labute approximate surface area is 170 Å². The second-order valence-electron chi connectivity index (χ2n) is 8.09. The predicted octanol–water partition coefficient (Wildman–Crippen LogP) is 1.34. The number of ether oxygens (including phenoxy) is 1. The molecule has 4 aliphatic heterocycles. The number of amides is 1. The van der Waals surface area contributed by atoms with Crippen LogP contribution in [0.1, 0.15) is 28.9 Å². The normalized spacial score (nSPS) is 26.8. The summed E-state index contributed by atoms with van der Waals surface area (Å²) in [4.78, 5) is 21.9. The van der Waals surface area contributed by atoms with Crippen molar-refractivity contribution >= 4 is 16.9 Å². The molecule has 6 heterocycles. The maximum atomic E-state index is 12.9. The van der Waals surface area contributed by atoms with Gasteiger partial charge in [0.05, 0.1) is 25.3 Å². The fourth-order valence-electron chi connectivity index (χ4n) is 4.59. The molecule has 2 aromatic rings. The number of morpholine rings is 1. The van der Waals surface area contributed by atoms with E-state index in [1.54, 1.807) is 12.5 Å². The minimum absolute atomic E-state index is 0.156. The highest BCUT2D eigenvalue weighted by Gasteiger charge is 2.35. The third-order valence-electron chi connectivity index (χ3n) is 6.31. The molecule has 7 heteroatoms. The molecule has 0 radical (unpaired) electrons. The van der Waals surface area contributed by atoms with Gasteiger partial charge in [-0.15, -0.1) is 0 Å². The quantitative estimate of drug-likeness (QED) is 0.793. The Balaban J connectivity index is 1.31. The van der Waals surface area contributed by atoms with Crippen molar-refractivity contribution in [1.29, 1.82) is 0 Å². The first kappa shape index (κ1) is 18.6. The van der Waals surface area contributed by atoms with Crippen molar-refractivity contribution < 1.29 is 13.9 Å². The molecule has 29 heavy (non-hydrogen) atoms. The lowest BCUT2D eigenvalue weighted by molar-refractivity contribution is 0.0443. The molecular weight excluding hydrogens is 368 g/mol. The van der Waals surface area contributed by atoms with Gasteiger partial charge in [-0.2, -0.15) is 0 Å². The van der Waals surface area contributed by atoms with E-state index in [0.29, 0.717) is 23.7 Å². The second kappa shape index (κ2) is 8.15. The smallest absolute Gasteiger partial charge is 0.274 e. The highest BCUT2D eigenvalue weighted by Crippen LogP contribution is 2.28. The molecule has 1 amide bonds. The molecule has 4 fully saturated rings. The number of carbonyl (C=O) groups excluding carboxylic acids is 1. The van der Waals surface area contributed by atoms with Gasteiger partial charge in [0.2, 0.25) is 0 Å². The number of nitrogens with one attached hydrogen (secondary N) is 1. The van der Waals surface area contributed by atoms with E-state index < -0.39 is 0 Å². The van der Waals surface area contributed by atoms with Gasteiger partial charge in [0.25, 0.3) is 5.91 Å². The Morgan fingerprint density at radius 1 is 1.24 bits per heavy atom. The largest absolute Gasteiger partial charge is 0.460 e. The van der Waals surface area contributed by atoms with Gasteiger partial charge in [-0.1, -0.05) is 11.8 Å². The van der Waals surface area contributed by atoms with E-state index >= 15 is 0 Å². The Morgan fingerprint density at radius 2 is 2.07 bits per heavy atom. The summed E-state index contributed by atoms with van der Waals surface area (Å²) in [6.45, 7) is 7.28. The number of carbonyl (C=O) groups is 1. The molecule has 4 saturated heterocycles. The van der Waals surface area contributed by atoms with Crippen molar-refractivity contribution in [3.05, 3.63) is 29.8 Å². The zero-order valence-corrected chi connectivity index (χ0v) is 16.5. The number of fused-ring (bicyclic) bond motifs is 4. The van der Waals surface area contributed by atoms with Crippen LogP contribution >= 0.6 is 0 Å². The van der Waals surface area contributed by atoms with Gasteiger partial charge in [0.15, 0.2) is 11.3 Å². The average molecular weight is 394 g/mol. The van der Waals surface area contributed by atoms with Crippen LogP contribution < -0.4 is 5.32 Å². The van der Waals surface area contributed by atoms with E-state index in [-0.39, 0.29) is 11.9 Å². The van der Waals surface area contributed by atoms with E-state index in [9.17, 15) is 4.79 Å². The fraction of sp³-hybridized carbons (Fsp3) is 0.545. The van der Waals surface area contributed by atoms with Gasteiger partial charge >= 0.3 is 0 Å². The van der Waals surface area contributed by atoms with Crippen LogP contribution in [0.15, 0.2) is 22.9 Å². The predicted molar refractivity (Wildman–Crippen MR) is 109 cm³/mol. The number of hydrogen-bond acceptors (Lipinski definition) is 6. The van der Waals surface area contributed by atoms with Crippen molar-refractivity contribution in [2.75, 3.05) is 52.5 Å². The Kier molecular flexibility index (Phi) is 5.23. The van der Waals surface area contributed by atoms with Gasteiger partial charge in [-0.3, -0.25) is 9.69 Å². The van der Waals surface area contributed by atoms with Gasteiger partial charge in [-0.25, -0.2) is 4.98 Å². The lowest BCUT2D eigenvalue weighted by atomic mass is 9.84. The second-order valence-corrected chi connectivity index (χ2v) is 8.09. The first-order valence-electron chi connectivity index (χ1n) is 10.5. The summed E-state index contributed by atoms with van der Waals surface area (Å²) in [5.41, 5.74) is 1.66. The van der Waals surface area contributed by atoms with Crippen LogP contribution in [-0.2, 0) is 4.74 Å². The third-order valence-corrected chi connectivity index (χ3v) is 6.31. The molecule has 0 aliphatic carbocycles. The fourth-order valence-corrected chi connectivity index (χ4v) is 4.59. The zero-order chi connectivity index (χ0) is 19.6. The summed E-state index contributed by atoms with van der Waals surface area (Å²) < 4.78 is 11.1. The molecule has 152 valence electrons. The molecule has 4 aliphatic rings. The Bertz CT molecular complexity index is 946. The molecule has 6 rings (SSSR count). The number of nitrogens with zero attached hydrogens (tertiary/aromatic N) is 3. The standard InChI is InChI=1S/C22H26N4O3/c27-22(24-19-14-26-8-4-16(19)5-9-26)20-21-18(3-6-23-20)17(15-29-21)2-1-7-25-10-12-28-13-11-25/h3,6,15-16,19H,4-5,7-14H2,(H,24,27)/t19-/m0/s1. The topological polar surface area (TPSA) is 70.8 Å². The first-order chi connectivity index (χ1) is 14.3. The van der Waals surface area contributed by atoms with Crippen LogP contribution in [0.3, 0.4) is 0 Å². The van der Waals surface area contributed by atoms with Crippen molar-refractivity contribution in [2.45, 2.75) is 18.9 Å². The summed E-state index contributed by atoms with van der Waals surface area (Å²) in [5.74, 6) is 6.82. The number of hydrogen-bond donors (Lipinski definition) is 1. The van der Waals surface area contributed by atoms with E-state index in [4.69, 9.17) is 9.15 Å². The Morgan fingerprint density at radius 3 is 2.83 bits per heavy atom. The van der Waals surface area contributed by atoms with Gasteiger partial charge < -0.3 is 19.4 Å². The summed E-state index contributed by atoms with van der Waals surface area (Å²) in [7, 11) is 0. The van der Waals surface area contributed by atoms with Crippen LogP contribution in [0.2, 0.25) is 0 Å². The van der Waals surface area contributed by atoms with Crippen molar-refractivity contribution in [3.8, 4) is 11.8 Å². The van der Waals surface area contributed by atoms with Gasteiger partial charge in [0.1, 0.15) is 6.26 Å². The number of pyridine rings is 1. The van der Waals surface area contributed by atoms with E-state index in [1.165, 1.54) is 0 Å². The van der Waals surface area contributed by atoms with Crippen LogP contribution in [0.25, 0.3) is 11.0 Å². The molecule has 2 aromatic heterocycles. The number of furan rings is 1. The summed E-state index contributed by atoms with van der Waals surface area (Å²) in [6, 6.07) is 2.06. The lowest BCUT2D eigenvalue weighted by Gasteiger charge is -2.44. The number of rotatable bonds is 3. The maximum absolute atomic E-state index is 12.9. The molecule has 2 bridgehead atoms. The van der Waals surface area contributed by atoms with Gasteiger partial charge in [0, 0.05) is 37.3 Å². The molecule has 0 unspecified atom stereocenters. The molecule has 7 nitrogen and oxygen atoms in total. The Hall–Kier alpha value is -2.40. The SMILES string of the molecule is O=C(N[C@H]1CN2CCC1CC2)c1nccc2c(C#CCN3CCOCC3)coc12. The lowest BCUT2D eigenvalue weighted by Crippen LogP contribution is -2.57. The van der Waals surface area contributed by atoms with E-state index in [1.807, 2.05) is 6.07 Å². The molecule has 0 spiro atoms. The third kappa shape index (κ3) is 3.88. The highest BCUT2D eigenvalue weighted by atomic mass is 16.5.